The summed E-state index contributed by atoms with van der Waals surface area (Å²) in [5, 5.41) is 3.23. The highest BCUT2D eigenvalue weighted by atomic mass is 16.1. The van der Waals surface area contributed by atoms with Gasteiger partial charge in [-0.1, -0.05) is 31.5 Å². The molecule has 2 aliphatic rings. The molecule has 3 nitrogen and oxygen atoms in total. The lowest BCUT2D eigenvalue weighted by Gasteiger charge is -2.43. The molecule has 1 aliphatic heterocycles. The normalized spacial score (nSPS) is 27.6. The van der Waals surface area contributed by atoms with E-state index in [4.69, 9.17) is 0 Å². The molecule has 0 spiro atoms. The van der Waals surface area contributed by atoms with Crippen LogP contribution in [0.2, 0.25) is 0 Å². The minimum absolute atomic E-state index is 0.0816. The average molecular weight is 329 g/mol. The number of likely N-dealkylation sites (tertiary alicyclic amines) is 1. The molecule has 0 radical (unpaired) electrons. The van der Waals surface area contributed by atoms with Crippen LogP contribution in [0.1, 0.15) is 68.3 Å². The maximum Gasteiger partial charge on any atom is 0.251 e. The van der Waals surface area contributed by atoms with Gasteiger partial charge in [-0.3, -0.25) is 4.79 Å². The van der Waals surface area contributed by atoms with Crippen molar-refractivity contribution in [3.63, 3.8) is 0 Å². The van der Waals surface area contributed by atoms with Gasteiger partial charge in [0.05, 0.1) is 0 Å². The number of nitrogens with zero attached hydrogens (tertiary/aromatic N) is 1. The number of aryl methyl sites for hydroxylation is 1. The highest BCUT2D eigenvalue weighted by Crippen LogP contribution is 2.33. The molecule has 2 fully saturated rings. The van der Waals surface area contributed by atoms with E-state index in [0.29, 0.717) is 11.5 Å². The number of amides is 1. The standard InChI is InChI=1S/C21H32N2O/c1-16-4-6-17(7-5-16)20(24)22-18-8-10-19(11-9-18)23-14-12-21(2,3)13-15-23/h4-7,18-19H,8-15H2,1-3H3,(H,22,24). The fourth-order valence-electron chi connectivity index (χ4n) is 4.05. The molecular weight excluding hydrogens is 296 g/mol. The lowest BCUT2D eigenvalue weighted by atomic mass is 9.81. The highest BCUT2D eigenvalue weighted by molar-refractivity contribution is 5.94. The highest BCUT2D eigenvalue weighted by Gasteiger charge is 2.31. The molecule has 0 unspecified atom stereocenters. The Morgan fingerprint density at radius 1 is 1.04 bits per heavy atom. The average Bonchev–Trinajstić information content (AvgIpc) is 2.56. The predicted molar refractivity (Wildman–Crippen MR) is 99.3 cm³/mol. The van der Waals surface area contributed by atoms with Crippen LogP contribution in [0.3, 0.4) is 0 Å². The van der Waals surface area contributed by atoms with Gasteiger partial charge in [0.1, 0.15) is 0 Å². The van der Waals surface area contributed by atoms with Gasteiger partial charge in [0.2, 0.25) is 0 Å². The van der Waals surface area contributed by atoms with Gasteiger partial charge in [0.25, 0.3) is 5.91 Å². The van der Waals surface area contributed by atoms with Gasteiger partial charge in [-0.2, -0.15) is 0 Å². The number of carbonyl (C=O) groups is 1. The molecule has 3 rings (SSSR count). The van der Waals surface area contributed by atoms with Gasteiger partial charge >= 0.3 is 0 Å². The second-order valence-corrected chi connectivity index (χ2v) is 8.55. The number of hydrogen-bond donors (Lipinski definition) is 1. The Hall–Kier alpha value is -1.35. The SMILES string of the molecule is Cc1ccc(C(=O)NC2CCC(N3CCC(C)(C)CC3)CC2)cc1. The second kappa shape index (κ2) is 7.26. The number of benzene rings is 1. The van der Waals surface area contributed by atoms with Crippen LogP contribution in [-0.2, 0) is 0 Å². The smallest absolute Gasteiger partial charge is 0.251 e. The zero-order valence-corrected chi connectivity index (χ0v) is 15.5. The number of nitrogens with one attached hydrogen (secondary N) is 1. The van der Waals surface area contributed by atoms with Gasteiger partial charge in [-0.15, -0.1) is 0 Å². The molecule has 3 heteroatoms. The minimum atomic E-state index is 0.0816. The summed E-state index contributed by atoms with van der Waals surface area (Å²) in [6, 6.07) is 8.93. The minimum Gasteiger partial charge on any atom is -0.349 e. The van der Waals surface area contributed by atoms with E-state index in [2.05, 4.69) is 24.1 Å². The molecule has 1 aromatic rings. The van der Waals surface area contributed by atoms with E-state index in [1.165, 1.54) is 44.3 Å². The lowest BCUT2D eigenvalue weighted by Crippen LogP contribution is -2.47. The molecule has 1 aliphatic carbocycles. The number of carbonyl (C=O) groups excluding carboxylic acids is 1. The van der Waals surface area contributed by atoms with Gasteiger partial charge < -0.3 is 10.2 Å². The predicted octanol–water partition coefficient (Wildman–Crippen LogP) is 4.16. The third kappa shape index (κ3) is 4.38. The zero-order chi connectivity index (χ0) is 17.2. The fourth-order valence-corrected chi connectivity index (χ4v) is 4.05. The quantitative estimate of drug-likeness (QED) is 0.903. The van der Waals surface area contributed by atoms with Gasteiger partial charge in [-0.25, -0.2) is 0 Å². The molecule has 1 saturated carbocycles. The zero-order valence-electron chi connectivity index (χ0n) is 15.5. The van der Waals surface area contributed by atoms with Crippen molar-refractivity contribution in [1.29, 1.82) is 0 Å². The summed E-state index contributed by atoms with van der Waals surface area (Å²) < 4.78 is 0. The van der Waals surface area contributed by atoms with Gasteiger partial charge in [0.15, 0.2) is 0 Å². The van der Waals surface area contributed by atoms with Crippen molar-refractivity contribution in [1.82, 2.24) is 10.2 Å². The van der Waals surface area contributed by atoms with Crippen LogP contribution in [0.15, 0.2) is 24.3 Å². The third-order valence-electron chi connectivity index (χ3n) is 6.01. The van der Waals surface area contributed by atoms with Crippen molar-refractivity contribution in [3.8, 4) is 0 Å². The maximum absolute atomic E-state index is 12.4. The summed E-state index contributed by atoms with van der Waals surface area (Å²) in [7, 11) is 0. The summed E-state index contributed by atoms with van der Waals surface area (Å²) in [5.41, 5.74) is 2.49. The Labute approximate surface area is 146 Å². The van der Waals surface area contributed by atoms with Crippen molar-refractivity contribution >= 4 is 5.91 Å². The molecule has 1 heterocycles. The molecule has 1 N–H and O–H groups in total. The van der Waals surface area contributed by atoms with Crippen LogP contribution in [0.5, 0.6) is 0 Å². The lowest BCUT2D eigenvalue weighted by molar-refractivity contribution is 0.0686. The number of piperidine rings is 1. The molecule has 1 amide bonds. The van der Waals surface area contributed by atoms with E-state index in [9.17, 15) is 4.79 Å². The van der Waals surface area contributed by atoms with Crippen molar-refractivity contribution < 1.29 is 4.79 Å². The van der Waals surface area contributed by atoms with Gasteiger partial charge in [0, 0.05) is 17.6 Å². The Morgan fingerprint density at radius 3 is 2.21 bits per heavy atom. The number of hydrogen-bond acceptors (Lipinski definition) is 2. The molecule has 0 atom stereocenters. The Morgan fingerprint density at radius 2 is 1.62 bits per heavy atom. The van der Waals surface area contributed by atoms with Crippen molar-refractivity contribution in [3.05, 3.63) is 35.4 Å². The van der Waals surface area contributed by atoms with Crippen LogP contribution in [0, 0.1) is 12.3 Å². The van der Waals surface area contributed by atoms with E-state index in [1.54, 1.807) is 0 Å². The first-order valence-electron chi connectivity index (χ1n) is 9.54. The largest absolute Gasteiger partial charge is 0.349 e. The summed E-state index contributed by atoms with van der Waals surface area (Å²) in [5.74, 6) is 0.0816. The third-order valence-corrected chi connectivity index (χ3v) is 6.01. The first-order chi connectivity index (χ1) is 11.4. The summed E-state index contributed by atoms with van der Waals surface area (Å²) in [6.07, 6.45) is 7.30. The van der Waals surface area contributed by atoms with E-state index < -0.39 is 0 Å². The topological polar surface area (TPSA) is 32.3 Å². The number of rotatable bonds is 3. The summed E-state index contributed by atoms with van der Waals surface area (Å²) in [4.78, 5) is 15.1. The van der Waals surface area contributed by atoms with Crippen molar-refractivity contribution in [2.24, 2.45) is 5.41 Å². The van der Waals surface area contributed by atoms with E-state index >= 15 is 0 Å². The molecular formula is C21H32N2O. The van der Waals surface area contributed by atoms with Crippen LogP contribution in [0.4, 0.5) is 0 Å². The Kier molecular flexibility index (Phi) is 5.29. The van der Waals surface area contributed by atoms with E-state index in [-0.39, 0.29) is 5.91 Å². The molecule has 132 valence electrons. The first kappa shape index (κ1) is 17.5. The fraction of sp³-hybridized carbons (Fsp3) is 0.667. The van der Waals surface area contributed by atoms with E-state index in [1.807, 2.05) is 31.2 Å². The maximum atomic E-state index is 12.4. The summed E-state index contributed by atoms with van der Waals surface area (Å²) >= 11 is 0. The van der Waals surface area contributed by atoms with Crippen LogP contribution >= 0.6 is 0 Å². The van der Waals surface area contributed by atoms with Crippen LogP contribution in [0.25, 0.3) is 0 Å². The van der Waals surface area contributed by atoms with Crippen LogP contribution < -0.4 is 5.32 Å². The summed E-state index contributed by atoms with van der Waals surface area (Å²) in [6.45, 7) is 9.32. The molecule has 0 bridgehead atoms. The van der Waals surface area contributed by atoms with Crippen molar-refractivity contribution in [2.75, 3.05) is 13.1 Å². The van der Waals surface area contributed by atoms with Gasteiger partial charge in [-0.05, 0) is 76.1 Å². The Balaban J connectivity index is 1.45. The first-order valence-corrected chi connectivity index (χ1v) is 9.54. The second-order valence-electron chi connectivity index (χ2n) is 8.55. The van der Waals surface area contributed by atoms with Crippen LogP contribution in [-0.4, -0.2) is 36.0 Å². The molecule has 0 aromatic heterocycles. The molecule has 1 saturated heterocycles. The van der Waals surface area contributed by atoms with Crippen molar-refractivity contribution in [2.45, 2.75) is 71.4 Å². The monoisotopic (exact) mass is 328 g/mol. The van der Waals surface area contributed by atoms with E-state index in [0.717, 1.165) is 24.4 Å². The molecule has 24 heavy (non-hydrogen) atoms. The molecule has 1 aromatic carbocycles. The Bertz CT molecular complexity index is 546.